The molecule has 0 saturated carbocycles. The van der Waals surface area contributed by atoms with Crippen LogP contribution in [0.2, 0.25) is 0 Å². The maximum Gasteiger partial charge on any atom is 0.338 e. The molecule has 1 atom stereocenters. The molecule has 0 spiro atoms. The highest BCUT2D eigenvalue weighted by Crippen LogP contribution is 2.28. The molecule has 1 aromatic rings. The van der Waals surface area contributed by atoms with Crippen molar-refractivity contribution in [3.05, 3.63) is 46.4 Å². The van der Waals surface area contributed by atoms with E-state index in [1.54, 1.807) is 6.92 Å². The lowest BCUT2D eigenvalue weighted by molar-refractivity contribution is -0.524. The van der Waals surface area contributed by atoms with Gasteiger partial charge in [0.1, 0.15) is 5.75 Å². The summed E-state index contributed by atoms with van der Waals surface area (Å²) in [6, 6.07) is 2.82. The van der Waals surface area contributed by atoms with E-state index in [0.29, 0.717) is 0 Å². The number of hydrogen-bond acceptors (Lipinski definition) is 6. The fourth-order valence-corrected chi connectivity index (χ4v) is 1.55. The van der Waals surface area contributed by atoms with Crippen molar-refractivity contribution in [3.63, 3.8) is 0 Å². The standard InChI is InChI=1S/C13H14NO6/c1-4-19-13(16)10-5-6-12(20-9(3)15)11(7-10)8(2)14(17)18/h5-8H,3-4H2,1-2H3. The van der Waals surface area contributed by atoms with E-state index in [4.69, 9.17) is 9.47 Å². The number of nitrogens with zero attached hydrogens (tertiary/aromatic N) is 1. The predicted molar refractivity (Wildman–Crippen MR) is 68.8 cm³/mol. The molecule has 0 aliphatic carbocycles. The van der Waals surface area contributed by atoms with Crippen LogP contribution in [0.25, 0.3) is 0 Å². The first-order chi connectivity index (χ1) is 9.36. The van der Waals surface area contributed by atoms with Crippen LogP contribution in [-0.4, -0.2) is 23.5 Å². The Morgan fingerprint density at radius 2 is 2.10 bits per heavy atom. The molecule has 1 rings (SSSR count). The van der Waals surface area contributed by atoms with Gasteiger partial charge in [-0.2, -0.15) is 0 Å². The molecule has 107 valence electrons. The van der Waals surface area contributed by atoms with Gasteiger partial charge in [0.05, 0.1) is 24.7 Å². The highest BCUT2D eigenvalue weighted by molar-refractivity contribution is 5.90. The second-order valence-electron chi connectivity index (χ2n) is 3.91. The Balaban J connectivity index is 3.24. The lowest BCUT2D eigenvalue weighted by atomic mass is 10.0. The number of rotatable bonds is 5. The molecule has 1 aromatic carbocycles. The molecule has 0 aliphatic rings. The molecular formula is C13H14NO6. The zero-order valence-electron chi connectivity index (χ0n) is 11.1. The van der Waals surface area contributed by atoms with Crippen LogP contribution in [0.15, 0.2) is 18.2 Å². The smallest absolute Gasteiger partial charge is 0.338 e. The minimum Gasteiger partial charge on any atom is -0.462 e. The summed E-state index contributed by atoms with van der Waals surface area (Å²) in [6.07, 6.45) is 0. The number of esters is 2. The first kappa shape index (κ1) is 15.6. The van der Waals surface area contributed by atoms with Gasteiger partial charge in [-0.1, -0.05) is 0 Å². The van der Waals surface area contributed by atoms with E-state index in [2.05, 4.69) is 6.92 Å². The Morgan fingerprint density at radius 3 is 2.60 bits per heavy atom. The van der Waals surface area contributed by atoms with Crippen LogP contribution in [0.3, 0.4) is 0 Å². The van der Waals surface area contributed by atoms with Crippen molar-refractivity contribution in [1.29, 1.82) is 0 Å². The van der Waals surface area contributed by atoms with Crippen LogP contribution >= 0.6 is 0 Å². The topological polar surface area (TPSA) is 95.7 Å². The molecule has 0 N–H and O–H groups in total. The Labute approximate surface area is 115 Å². The van der Waals surface area contributed by atoms with Crippen LogP contribution < -0.4 is 4.74 Å². The minimum absolute atomic E-state index is 0.00208. The number of hydrogen-bond donors (Lipinski definition) is 0. The third-order valence-corrected chi connectivity index (χ3v) is 2.51. The molecule has 0 heterocycles. The van der Waals surface area contributed by atoms with Crippen LogP contribution in [-0.2, 0) is 9.53 Å². The van der Waals surface area contributed by atoms with Gasteiger partial charge in [0.2, 0.25) is 6.04 Å². The van der Waals surface area contributed by atoms with E-state index < -0.39 is 22.9 Å². The summed E-state index contributed by atoms with van der Waals surface area (Å²) in [7, 11) is 0. The third-order valence-electron chi connectivity index (χ3n) is 2.51. The average Bonchev–Trinajstić information content (AvgIpc) is 2.37. The lowest BCUT2D eigenvalue weighted by Gasteiger charge is -2.12. The third kappa shape index (κ3) is 3.78. The maximum absolute atomic E-state index is 11.6. The number of carbonyl (C=O) groups excluding carboxylic acids is 2. The summed E-state index contributed by atoms with van der Waals surface area (Å²) in [5.74, 6) is -1.44. The van der Waals surface area contributed by atoms with Gasteiger partial charge in [-0.15, -0.1) is 0 Å². The van der Waals surface area contributed by atoms with Crippen molar-refractivity contribution in [1.82, 2.24) is 0 Å². The molecule has 1 radical (unpaired) electrons. The van der Waals surface area contributed by atoms with E-state index >= 15 is 0 Å². The molecule has 7 nitrogen and oxygen atoms in total. The normalized spacial score (nSPS) is 11.6. The number of ether oxygens (including phenoxy) is 2. The number of carbonyl (C=O) groups is 2. The Bertz CT molecular complexity index is 540. The van der Waals surface area contributed by atoms with Crippen LogP contribution in [0, 0.1) is 17.0 Å². The molecule has 0 saturated heterocycles. The van der Waals surface area contributed by atoms with Crippen molar-refractivity contribution in [2.75, 3.05) is 6.61 Å². The Hall–Kier alpha value is -2.44. The summed E-state index contributed by atoms with van der Waals surface area (Å²) in [5, 5.41) is 10.9. The fraction of sp³-hybridized carbons (Fsp3) is 0.308. The monoisotopic (exact) mass is 280 g/mol. The molecule has 1 unspecified atom stereocenters. The number of benzene rings is 1. The largest absolute Gasteiger partial charge is 0.462 e. The van der Waals surface area contributed by atoms with E-state index in [0.717, 1.165) is 0 Å². The highest BCUT2D eigenvalue weighted by atomic mass is 16.6. The van der Waals surface area contributed by atoms with E-state index in [1.807, 2.05) is 0 Å². The quantitative estimate of drug-likeness (QED) is 0.354. The highest BCUT2D eigenvalue weighted by Gasteiger charge is 2.24. The molecular weight excluding hydrogens is 266 g/mol. The van der Waals surface area contributed by atoms with Crippen LogP contribution in [0.1, 0.15) is 35.8 Å². The predicted octanol–water partition coefficient (Wildman–Crippen LogP) is 1.94. The SMILES string of the molecule is [CH2]C(=O)Oc1ccc(C(=O)OCC)cc1C(C)[N+](=O)[O-]. The summed E-state index contributed by atoms with van der Waals surface area (Å²) in [5.41, 5.74) is 0.261. The van der Waals surface area contributed by atoms with Gasteiger partial charge >= 0.3 is 11.9 Å². The van der Waals surface area contributed by atoms with Gasteiger partial charge in [0.15, 0.2) is 0 Å². The fourth-order valence-electron chi connectivity index (χ4n) is 1.55. The van der Waals surface area contributed by atoms with Crippen molar-refractivity contribution >= 4 is 11.9 Å². The Morgan fingerprint density at radius 1 is 1.45 bits per heavy atom. The second kappa shape index (κ2) is 6.65. The average molecular weight is 280 g/mol. The first-order valence-corrected chi connectivity index (χ1v) is 5.85. The van der Waals surface area contributed by atoms with Gasteiger partial charge in [0, 0.05) is 11.8 Å². The molecule has 0 amide bonds. The van der Waals surface area contributed by atoms with E-state index in [-0.39, 0.29) is 23.5 Å². The summed E-state index contributed by atoms with van der Waals surface area (Å²) < 4.78 is 9.62. The molecule has 20 heavy (non-hydrogen) atoms. The van der Waals surface area contributed by atoms with Gasteiger partial charge in [0.25, 0.3) is 0 Å². The molecule has 7 heteroatoms. The van der Waals surface area contributed by atoms with Gasteiger partial charge in [-0.3, -0.25) is 14.9 Å². The zero-order valence-corrected chi connectivity index (χ0v) is 11.1. The summed E-state index contributed by atoms with van der Waals surface area (Å²) >= 11 is 0. The van der Waals surface area contributed by atoms with Crippen molar-refractivity contribution in [2.45, 2.75) is 19.9 Å². The molecule has 0 aliphatic heterocycles. The summed E-state index contributed by atoms with van der Waals surface area (Å²) in [4.78, 5) is 32.8. The van der Waals surface area contributed by atoms with Crippen molar-refractivity contribution in [2.24, 2.45) is 0 Å². The Kier molecular flexibility index (Phi) is 5.19. The minimum atomic E-state index is -1.14. The van der Waals surface area contributed by atoms with E-state index in [9.17, 15) is 19.7 Å². The van der Waals surface area contributed by atoms with Gasteiger partial charge < -0.3 is 9.47 Å². The van der Waals surface area contributed by atoms with Crippen molar-refractivity contribution < 1.29 is 24.0 Å². The lowest BCUT2D eigenvalue weighted by Crippen LogP contribution is -2.13. The molecule has 0 aromatic heterocycles. The van der Waals surface area contributed by atoms with Crippen LogP contribution in [0.4, 0.5) is 0 Å². The first-order valence-electron chi connectivity index (χ1n) is 5.85. The van der Waals surface area contributed by atoms with Gasteiger partial charge in [-0.05, 0) is 25.1 Å². The second-order valence-corrected chi connectivity index (χ2v) is 3.91. The molecule has 0 bridgehead atoms. The number of nitro groups is 1. The van der Waals surface area contributed by atoms with Crippen LogP contribution in [0.5, 0.6) is 5.75 Å². The molecule has 0 fully saturated rings. The van der Waals surface area contributed by atoms with Gasteiger partial charge in [-0.25, -0.2) is 4.79 Å². The van der Waals surface area contributed by atoms with E-state index in [1.165, 1.54) is 25.1 Å². The maximum atomic E-state index is 11.6. The summed E-state index contributed by atoms with van der Waals surface area (Å²) in [6.45, 7) is 6.21. The zero-order chi connectivity index (χ0) is 15.3. The van der Waals surface area contributed by atoms with Crippen molar-refractivity contribution in [3.8, 4) is 5.75 Å².